The fourth-order valence-corrected chi connectivity index (χ4v) is 1.45. The summed E-state index contributed by atoms with van der Waals surface area (Å²) in [5.41, 5.74) is -0.471. The molecule has 1 aromatic carbocycles. The Labute approximate surface area is 101 Å². The van der Waals surface area contributed by atoms with Crippen molar-refractivity contribution in [3.63, 3.8) is 0 Å². The van der Waals surface area contributed by atoms with Gasteiger partial charge in [0, 0.05) is 6.42 Å². The van der Waals surface area contributed by atoms with Crippen LogP contribution in [0, 0.1) is 23.0 Å². The van der Waals surface area contributed by atoms with Gasteiger partial charge < -0.3 is 0 Å². The Bertz CT molecular complexity index is 398. The van der Waals surface area contributed by atoms with Gasteiger partial charge in [-0.1, -0.05) is 33.8 Å². The Kier molecular flexibility index (Phi) is 4.02. The van der Waals surface area contributed by atoms with Gasteiger partial charge in [-0.2, -0.15) is 0 Å². The second-order valence-corrected chi connectivity index (χ2v) is 5.49. The van der Waals surface area contributed by atoms with E-state index in [-0.39, 0.29) is 17.8 Å². The van der Waals surface area contributed by atoms with Crippen LogP contribution in [-0.2, 0) is 0 Å². The molecule has 0 fully saturated rings. The number of ketones is 1. The Morgan fingerprint density at radius 1 is 1.24 bits per heavy atom. The van der Waals surface area contributed by atoms with Crippen molar-refractivity contribution in [1.82, 2.24) is 0 Å². The summed E-state index contributed by atoms with van der Waals surface area (Å²) in [4.78, 5) is 11.9. The number of Topliss-reactive ketones (excluding diaryl/α,β-unsaturated/α-hetero) is 1. The smallest absolute Gasteiger partial charge is 0.169 e. The van der Waals surface area contributed by atoms with Gasteiger partial charge in [0.15, 0.2) is 5.78 Å². The fraction of sp³-hybridized carbons (Fsp3) is 0.500. The van der Waals surface area contributed by atoms with Gasteiger partial charge in [-0.05, 0) is 23.5 Å². The standard InChI is InChI=1S/C14H18F2O/c1-9(14(2,3)4)8-12(17)13-10(15)6-5-7-11(13)16/h5-7,9H,8H2,1-4H3. The van der Waals surface area contributed by atoms with Crippen molar-refractivity contribution < 1.29 is 13.6 Å². The zero-order valence-corrected chi connectivity index (χ0v) is 10.7. The van der Waals surface area contributed by atoms with Crippen molar-refractivity contribution in [2.75, 3.05) is 0 Å². The van der Waals surface area contributed by atoms with E-state index in [1.165, 1.54) is 6.07 Å². The molecular weight excluding hydrogens is 222 g/mol. The van der Waals surface area contributed by atoms with Crippen LogP contribution in [0.2, 0.25) is 0 Å². The minimum absolute atomic E-state index is 0.0581. The minimum atomic E-state index is -0.781. The Morgan fingerprint density at radius 2 is 1.71 bits per heavy atom. The predicted molar refractivity (Wildman–Crippen MR) is 63.9 cm³/mol. The van der Waals surface area contributed by atoms with Crippen molar-refractivity contribution in [3.05, 3.63) is 35.4 Å². The third-order valence-electron chi connectivity index (χ3n) is 3.21. The van der Waals surface area contributed by atoms with Crippen LogP contribution in [0.1, 0.15) is 44.5 Å². The molecule has 0 bridgehead atoms. The zero-order chi connectivity index (χ0) is 13.2. The van der Waals surface area contributed by atoms with E-state index < -0.39 is 23.0 Å². The summed E-state index contributed by atoms with van der Waals surface area (Å²) in [6.45, 7) is 7.92. The molecule has 0 spiro atoms. The first-order valence-electron chi connectivity index (χ1n) is 5.70. The highest BCUT2D eigenvalue weighted by molar-refractivity contribution is 5.96. The van der Waals surface area contributed by atoms with Crippen LogP contribution in [0.15, 0.2) is 18.2 Å². The predicted octanol–water partition coefficient (Wildman–Crippen LogP) is 4.22. The van der Waals surface area contributed by atoms with Crippen molar-refractivity contribution >= 4 is 5.78 Å². The van der Waals surface area contributed by atoms with Gasteiger partial charge >= 0.3 is 0 Å². The monoisotopic (exact) mass is 240 g/mol. The molecule has 17 heavy (non-hydrogen) atoms. The number of carbonyl (C=O) groups is 1. The van der Waals surface area contributed by atoms with Crippen LogP contribution >= 0.6 is 0 Å². The number of halogens is 2. The lowest BCUT2D eigenvalue weighted by atomic mass is 9.78. The summed E-state index contributed by atoms with van der Waals surface area (Å²) >= 11 is 0. The largest absolute Gasteiger partial charge is 0.294 e. The van der Waals surface area contributed by atoms with E-state index in [0.29, 0.717) is 0 Å². The van der Waals surface area contributed by atoms with Crippen molar-refractivity contribution in [2.24, 2.45) is 11.3 Å². The SMILES string of the molecule is CC(CC(=O)c1c(F)cccc1F)C(C)(C)C. The molecule has 1 nitrogen and oxygen atoms in total. The van der Waals surface area contributed by atoms with E-state index in [2.05, 4.69) is 0 Å². The molecule has 94 valence electrons. The second-order valence-electron chi connectivity index (χ2n) is 5.49. The molecular formula is C14H18F2O. The molecule has 0 amide bonds. The topological polar surface area (TPSA) is 17.1 Å². The maximum Gasteiger partial charge on any atom is 0.169 e. The molecule has 0 aliphatic heterocycles. The van der Waals surface area contributed by atoms with Gasteiger partial charge in [0.05, 0.1) is 5.56 Å². The molecule has 0 aromatic heterocycles. The molecule has 0 aliphatic carbocycles. The third-order valence-corrected chi connectivity index (χ3v) is 3.21. The Balaban J connectivity index is 2.92. The fourth-order valence-electron chi connectivity index (χ4n) is 1.45. The summed E-state index contributed by atoms with van der Waals surface area (Å²) in [7, 11) is 0. The van der Waals surface area contributed by atoms with E-state index in [1.807, 2.05) is 27.7 Å². The van der Waals surface area contributed by atoms with Crippen LogP contribution < -0.4 is 0 Å². The van der Waals surface area contributed by atoms with Crippen molar-refractivity contribution in [2.45, 2.75) is 34.1 Å². The maximum atomic E-state index is 13.4. The lowest BCUT2D eigenvalue weighted by Gasteiger charge is -2.26. The highest BCUT2D eigenvalue weighted by Crippen LogP contribution is 2.29. The van der Waals surface area contributed by atoms with Gasteiger partial charge in [0.2, 0.25) is 0 Å². The molecule has 0 heterocycles. The summed E-state index contributed by atoms with van der Waals surface area (Å²) in [5, 5.41) is 0. The minimum Gasteiger partial charge on any atom is -0.294 e. The molecule has 3 heteroatoms. The number of carbonyl (C=O) groups excluding carboxylic acids is 1. The molecule has 1 rings (SSSR count). The lowest BCUT2D eigenvalue weighted by molar-refractivity contribution is 0.0919. The summed E-state index contributed by atoms with van der Waals surface area (Å²) in [6.07, 6.45) is 0.154. The van der Waals surface area contributed by atoms with Crippen LogP contribution in [-0.4, -0.2) is 5.78 Å². The summed E-state index contributed by atoms with van der Waals surface area (Å²) in [6, 6.07) is 3.48. The first-order valence-corrected chi connectivity index (χ1v) is 5.70. The van der Waals surface area contributed by atoms with E-state index >= 15 is 0 Å². The second kappa shape index (κ2) is 4.94. The molecule has 1 atom stereocenters. The van der Waals surface area contributed by atoms with Gasteiger partial charge in [0.1, 0.15) is 11.6 Å². The molecule has 1 unspecified atom stereocenters. The zero-order valence-electron chi connectivity index (χ0n) is 10.7. The number of rotatable bonds is 3. The van der Waals surface area contributed by atoms with Crippen LogP contribution in [0.3, 0.4) is 0 Å². The quantitative estimate of drug-likeness (QED) is 0.723. The van der Waals surface area contributed by atoms with Gasteiger partial charge in [-0.3, -0.25) is 4.79 Å². The number of hydrogen-bond donors (Lipinski definition) is 0. The molecule has 1 aromatic rings. The highest BCUT2D eigenvalue weighted by Gasteiger charge is 2.25. The van der Waals surface area contributed by atoms with E-state index in [4.69, 9.17) is 0 Å². The van der Waals surface area contributed by atoms with Crippen LogP contribution in [0.25, 0.3) is 0 Å². The average molecular weight is 240 g/mol. The molecule has 0 radical (unpaired) electrons. The summed E-state index contributed by atoms with van der Waals surface area (Å²) in [5.74, 6) is -1.97. The van der Waals surface area contributed by atoms with E-state index in [9.17, 15) is 13.6 Å². The first kappa shape index (κ1) is 13.8. The Hall–Kier alpha value is -1.25. The molecule has 0 N–H and O–H groups in total. The van der Waals surface area contributed by atoms with Gasteiger partial charge in [-0.25, -0.2) is 8.78 Å². The van der Waals surface area contributed by atoms with Crippen LogP contribution in [0.4, 0.5) is 8.78 Å². The summed E-state index contributed by atoms with van der Waals surface area (Å²) < 4.78 is 26.8. The van der Waals surface area contributed by atoms with Gasteiger partial charge in [0.25, 0.3) is 0 Å². The van der Waals surface area contributed by atoms with E-state index in [0.717, 1.165) is 12.1 Å². The Morgan fingerprint density at radius 3 is 2.12 bits per heavy atom. The normalized spacial score (nSPS) is 13.5. The lowest BCUT2D eigenvalue weighted by Crippen LogP contribution is -2.21. The van der Waals surface area contributed by atoms with Gasteiger partial charge in [-0.15, -0.1) is 0 Å². The molecule has 0 aliphatic rings. The molecule has 0 saturated heterocycles. The molecule has 0 saturated carbocycles. The van der Waals surface area contributed by atoms with Crippen LogP contribution in [0.5, 0.6) is 0 Å². The third kappa shape index (κ3) is 3.35. The maximum absolute atomic E-state index is 13.4. The van der Waals surface area contributed by atoms with Crippen molar-refractivity contribution in [1.29, 1.82) is 0 Å². The number of benzene rings is 1. The van der Waals surface area contributed by atoms with Crippen molar-refractivity contribution in [3.8, 4) is 0 Å². The average Bonchev–Trinajstić information content (AvgIpc) is 2.15. The highest BCUT2D eigenvalue weighted by atomic mass is 19.1. The number of hydrogen-bond acceptors (Lipinski definition) is 1. The van der Waals surface area contributed by atoms with E-state index in [1.54, 1.807) is 0 Å². The first-order chi connectivity index (χ1) is 7.73.